The molecule has 0 aliphatic carbocycles. The second-order valence-electron chi connectivity index (χ2n) is 6.60. The largest absolute Gasteiger partial charge is 0.321 e. The molecule has 2 aromatic carbocycles. The molecule has 3 aromatic rings. The van der Waals surface area contributed by atoms with Gasteiger partial charge in [0.25, 0.3) is 5.91 Å². The lowest BCUT2D eigenvalue weighted by atomic mass is 10.1. The molecule has 130 valence electrons. The smallest absolute Gasteiger partial charge is 0.274 e. The molecule has 0 bridgehead atoms. The number of nitrogens with zero attached hydrogens (tertiary/aromatic N) is 2. The first kappa shape index (κ1) is 16.5. The molecule has 0 unspecified atom stereocenters. The minimum atomic E-state index is -0.176. The SMILES string of the molecule is O=C(Nc1ccc2c(c1)CN(CCc1ccccc1)C2)c1ccccn1. The quantitative estimate of drug-likeness (QED) is 0.764. The maximum atomic E-state index is 12.3. The number of nitrogens with one attached hydrogen (secondary N) is 1. The number of carbonyl (C=O) groups is 1. The zero-order chi connectivity index (χ0) is 17.8. The molecular weight excluding hydrogens is 322 g/mol. The standard InChI is InChI=1S/C22H21N3O/c26-22(21-8-4-5-12-23-21)24-20-10-9-18-15-25(16-19(18)14-20)13-11-17-6-2-1-3-7-17/h1-10,12,14H,11,13,15-16H2,(H,24,26). The van der Waals surface area contributed by atoms with Crippen LogP contribution in [-0.4, -0.2) is 22.3 Å². The summed E-state index contributed by atoms with van der Waals surface area (Å²) in [6.07, 6.45) is 2.68. The summed E-state index contributed by atoms with van der Waals surface area (Å²) < 4.78 is 0. The molecular formula is C22H21N3O. The van der Waals surface area contributed by atoms with Crippen molar-refractivity contribution < 1.29 is 4.79 Å². The topological polar surface area (TPSA) is 45.2 Å². The van der Waals surface area contributed by atoms with E-state index in [-0.39, 0.29) is 5.91 Å². The Labute approximate surface area is 153 Å². The molecule has 1 aliphatic rings. The number of hydrogen-bond donors (Lipinski definition) is 1. The lowest BCUT2D eigenvalue weighted by molar-refractivity contribution is 0.102. The van der Waals surface area contributed by atoms with Gasteiger partial charge in [-0.3, -0.25) is 14.7 Å². The van der Waals surface area contributed by atoms with Gasteiger partial charge in [-0.15, -0.1) is 0 Å². The van der Waals surface area contributed by atoms with Crippen molar-refractivity contribution in [2.45, 2.75) is 19.5 Å². The van der Waals surface area contributed by atoms with Crippen LogP contribution in [0.15, 0.2) is 72.9 Å². The Kier molecular flexibility index (Phi) is 4.75. The summed E-state index contributed by atoms with van der Waals surface area (Å²) in [5.41, 5.74) is 5.25. The van der Waals surface area contributed by atoms with E-state index >= 15 is 0 Å². The molecule has 26 heavy (non-hydrogen) atoms. The Hall–Kier alpha value is -2.98. The van der Waals surface area contributed by atoms with Crippen molar-refractivity contribution in [2.24, 2.45) is 0 Å². The van der Waals surface area contributed by atoms with Gasteiger partial charge in [0.15, 0.2) is 0 Å². The highest BCUT2D eigenvalue weighted by Crippen LogP contribution is 2.26. The van der Waals surface area contributed by atoms with Crippen LogP contribution in [0.1, 0.15) is 27.2 Å². The normalized spacial score (nSPS) is 13.4. The van der Waals surface area contributed by atoms with Gasteiger partial charge in [0, 0.05) is 31.5 Å². The number of benzene rings is 2. The predicted molar refractivity (Wildman–Crippen MR) is 103 cm³/mol. The van der Waals surface area contributed by atoms with Gasteiger partial charge in [-0.1, -0.05) is 42.5 Å². The van der Waals surface area contributed by atoms with E-state index in [1.54, 1.807) is 18.3 Å². The fraction of sp³-hybridized carbons (Fsp3) is 0.182. The van der Waals surface area contributed by atoms with E-state index in [2.05, 4.69) is 57.7 Å². The van der Waals surface area contributed by atoms with Crippen molar-refractivity contribution in [2.75, 3.05) is 11.9 Å². The van der Waals surface area contributed by atoms with Crippen LogP contribution in [0, 0.1) is 0 Å². The van der Waals surface area contributed by atoms with Crippen molar-refractivity contribution in [3.63, 3.8) is 0 Å². The van der Waals surface area contributed by atoms with E-state index in [9.17, 15) is 4.79 Å². The number of anilines is 1. The lowest BCUT2D eigenvalue weighted by Gasteiger charge is -2.14. The summed E-state index contributed by atoms with van der Waals surface area (Å²) in [6.45, 7) is 2.93. The minimum absolute atomic E-state index is 0.176. The number of rotatable bonds is 5. The van der Waals surface area contributed by atoms with Crippen molar-refractivity contribution in [1.29, 1.82) is 0 Å². The van der Waals surface area contributed by atoms with Crippen molar-refractivity contribution >= 4 is 11.6 Å². The minimum Gasteiger partial charge on any atom is -0.321 e. The molecule has 0 radical (unpaired) electrons. The van der Waals surface area contributed by atoms with Gasteiger partial charge < -0.3 is 5.32 Å². The predicted octanol–water partition coefficient (Wildman–Crippen LogP) is 3.89. The van der Waals surface area contributed by atoms with Gasteiger partial charge in [-0.2, -0.15) is 0 Å². The number of aromatic nitrogens is 1. The third-order valence-corrected chi connectivity index (χ3v) is 4.71. The molecule has 0 saturated carbocycles. The van der Waals surface area contributed by atoms with Crippen molar-refractivity contribution in [1.82, 2.24) is 9.88 Å². The Balaban J connectivity index is 1.38. The van der Waals surface area contributed by atoms with E-state index in [1.807, 2.05) is 12.1 Å². The maximum Gasteiger partial charge on any atom is 0.274 e. The van der Waals surface area contributed by atoms with Crippen LogP contribution < -0.4 is 5.32 Å². The number of carbonyl (C=O) groups excluding carboxylic acids is 1. The fourth-order valence-electron chi connectivity index (χ4n) is 3.33. The molecule has 0 spiro atoms. The number of pyridine rings is 1. The summed E-state index contributed by atoms with van der Waals surface area (Å²) in [5, 5.41) is 2.94. The van der Waals surface area contributed by atoms with E-state index in [4.69, 9.17) is 0 Å². The highest BCUT2D eigenvalue weighted by molar-refractivity contribution is 6.02. The number of amides is 1. The van der Waals surface area contributed by atoms with Crippen molar-refractivity contribution in [3.05, 3.63) is 95.3 Å². The molecule has 4 rings (SSSR count). The van der Waals surface area contributed by atoms with Crippen LogP contribution >= 0.6 is 0 Å². The van der Waals surface area contributed by atoms with Crippen LogP contribution in [-0.2, 0) is 19.5 Å². The zero-order valence-electron chi connectivity index (χ0n) is 14.6. The Bertz CT molecular complexity index is 894. The van der Waals surface area contributed by atoms with E-state index < -0.39 is 0 Å². The molecule has 1 N–H and O–H groups in total. The highest BCUT2D eigenvalue weighted by atomic mass is 16.1. The third-order valence-electron chi connectivity index (χ3n) is 4.71. The average molecular weight is 343 g/mol. The first-order valence-corrected chi connectivity index (χ1v) is 8.88. The summed E-state index contributed by atoms with van der Waals surface area (Å²) >= 11 is 0. The molecule has 4 nitrogen and oxygen atoms in total. The number of fused-ring (bicyclic) bond motifs is 1. The van der Waals surface area contributed by atoms with E-state index in [0.29, 0.717) is 5.69 Å². The summed E-state index contributed by atoms with van der Waals surface area (Å²) in [6, 6.07) is 22.1. The van der Waals surface area contributed by atoms with Crippen LogP contribution in [0.3, 0.4) is 0 Å². The van der Waals surface area contributed by atoms with Crippen LogP contribution in [0.2, 0.25) is 0 Å². The Morgan fingerprint density at radius 1 is 0.962 bits per heavy atom. The highest BCUT2D eigenvalue weighted by Gasteiger charge is 2.19. The second kappa shape index (κ2) is 7.50. The van der Waals surface area contributed by atoms with Gasteiger partial charge in [-0.05, 0) is 47.4 Å². The van der Waals surface area contributed by atoms with Gasteiger partial charge in [0.1, 0.15) is 5.69 Å². The van der Waals surface area contributed by atoms with Gasteiger partial charge >= 0.3 is 0 Å². The van der Waals surface area contributed by atoms with E-state index in [0.717, 1.165) is 31.7 Å². The molecule has 0 fully saturated rings. The molecule has 0 atom stereocenters. The third kappa shape index (κ3) is 3.81. The van der Waals surface area contributed by atoms with Gasteiger partial charge in [-0.25, -0.2) is 0 Å². The molecule has 4 heteroatoms. The second-order valence-corrected chi connectivity index (χ2v) is 6.60. The molecule has 1 amide bonds. The summed E-state index contributed by atoms with van der Waals surface area (Å²) in [5.74, 6) is -0.176. The maximum absolute atomic E-state index is 12.3. The molecule has 2 heterocycles. The van der Waals surface area contributed by atoms with Crippen LogP contribution in [0.4, 0.5) is 5.69 Å². The first-order valence-electron chi connectivity index (χ1n) is 8.88. The van der Waals surface area contributed by atoms with Crippen LogP contribution in [0.5, 0.6) is 0 Å². The van der Waals surface area contributed by atoms with E-state index in [1.165, 1.54) is 16.7 Å². The Morgan fingerprint density at radius 3 is 2.58 bits per heavy atom. The molecule has 0 saturated heterocycles. The zero-order valence-corrected chi connectivity index (χ0v) is 14.6. The fourth-order valence-corrected chi connectivity index (χ4v) is 3.33. The lowest BCUT2D eigenvalue weighted by Crippen LogP contribution is -2.19. The Morgan fingerprint density at radius 2 is 1.77 bits per heavy atom. The number of hydrogen-bond acceptors (Lipinski definition) is 3. The van der Waals surface area contributed by atoms with Crippen LogP contribution in [0.25, 0.3) is 0 Å². The summed E-state index contributed by atoms with van der Waals surface area (Å²) in [7, 11) is 0. The molecule has 1 aliphatic heterocycles. The van der Waals surface area contributed by atoms with Gasteiger partial charge in [0.05, 0.1) is 0 Å². The first-order chi connectivity index (χ1) is 12.8. The summed E-state index contributed by atoms with van der Waals surface area (Å²) in [4.78, 5) is 18.8. The average Bonchev–Trinajstić information content (AvgIpc) is 3.10. The van der Waals surface area contributed by atoms with Crippen molar-refractivity contribution in [3.8, 4) is 0 Å². The monoisotopic (exact) mass is 343 g/mol. The van der Waals surface area contributed by atoms with Gasteiger partial charge in [0.2, 0.25) is 0 Å². The molecule has 1 aromatic heterocycles.